The number of ether oxygens (including phenoxy) is 1. The minimum Gasteiger partial charge on any atom is -0.373 e. The molecule has 88 valence electrons. The smallest absolute Gasteiger partial charge is 0.130 e. The van der Waals surface area contributed by atoms with Crippen molar-refractivity contribution >= 4 is 11.6 Å². The van der Waals surface area contributed by atoms with Crippen LogP contribution in [0.5, 0.6) is 0 Å². The summed E-state index contributed by atoms with van der Waals surface area (Å²) in [4.78, 5) is 0. The van der Waals surface area contributed by atoms with Crippen molar-refractivity contribution in [3.05, 3.63) is 34.6 Å². The van der Waals surface area contributed by atoms with Gasteiger partial charge >= 0.3 is 0 Å². The zero-order valence-electron chi connectivity index (χ0n) is 9.01. The van der Waals surface area contributed by atoms with E-state index < -0.39 is 0 Å². The summed E-state index contributed by atoms with van der Waals surface area (Å²) in [7, 11) is 0. The van der Waals surface area contributed by atoms with Crippen LogP contribution in [-0.4, -0.2) is 19.2 Å². The molecule has 1 aromatic rings. The third kappa shape index (κ3) is 3.17. The van der Waals surface area contributed by atoms with Crippen LogP contribution in [0.1, 0.15) is 18.4 Å². The highest BCUT2D eigenvalue weighted by Gasteiger charge is 2.14. The molecule has 16 heavy (non-hydrogen) atoms. The minimum atomic E-state index is -0.290. The first-order valence-electron chi connectivity index (χ1n) is 5.52. The Hall–Kier alpha value is -0.640. The van der Waals surface area contributed by atoms with Gasteiger partial charge in [0.05, 0.1) is 12.7 Å². The lowest BCUT2D eigenvalue weighted by molar-refractivity contribution is 0.0199. The van der Waals surface area contributed by atoms with E-state index in [1.807, 2.05) is 0 Å². The summed E-state index contributed by atoms with van der Waals surface area (Å²) >= 11 is 5.68. The van der Waals surface area contributed by atoms with Gasteiger partial charge in [-0.15, -0.1) is 0 Å². The Balaban J connectivity index is 1.88. The Bertz CT molecular complexity index is 353. The largest absolute Gasteiger partial charge is 0.373 e. The lowest BCUT2D eigenvalue weighted by Gasteiger charge is -2.23. The van der Waals surface area contributed by atoms with Crippen LogP contribution in [0.3, 0.4) is 0 Å². The molecular weight excluding hydrogens is 229 g/mol. The number of nitrogens with one attached hydrogen (secondary N) is 1. The van der Waals surface area contributed by atoms with Crippen molar-refractivity contribution in [1.29, 1.82) is 0 Å². The molecule has 1 aliphatic heterocycles. The molecule has 0 saturated carbocycles. The number of piperidine rings is 1. The van der Waals surface area contributed by atoms with Gasteiger partial charge in [-0.2, -0.15) is 0 Å². The molecule has 0 aromatic heterocycles. The average Bonchev–Trinajstić information content (AvgIpc) is 2.29. The highest BCUT2D eigenvalue weighted by molar-refractivity contribution is 6.30. The van der Waals surface area contributed by atoms with Gasteiger partial charge in [-0.25, -0.2) is 4.39 Å². The maximum atomic E-state index is 13.4. The van der Waals surface area contributed by atoms with E-state index >= 15 is 0 Å². The maximum Gasteiger partial charge on any atom is 0.130 e. The summed E-state index contributed by atoms with van der Waals surface area (Å²) in [6.07, 6.45) is 2.24. The molecule has 0 aliphatic carbocycles. The number of halogens is 2. The molecule has 1 aromatic carbocycles. The van der Waals surface area contributed by atoms with Crippen molar-refractivity contribution in [2.45, 2.75) is 25.6 Å². The van der Waals surface area contributed by atoms with Gasteiger partial charge in [-0.05, 0) is 38.1 Å². The predicted octanol–water partition coefficient (Wildman–Crippen LogP) is 2.75. The van der Waals surface area contributed by atoms with Gasteiger partial charge in [0, 0.05) is 10.6 Å². The van der Waals surface area contributed by atoms with E-state index in [4.69, 9.17) is 16.3 Å². The average molecular weight is 244 g/mol. The molecule has 2 rings (SSSR count). The second-order valence-electron chi connectivity index (χ2n) is 4.00. The van der Waals surface area contributed by atoms with Crippen LogP contribution in [0.4, 0.5) is 4.39 Å². The first-order chi connectivity index (χ1) is 7.75. The van der Waals surface area contributed by atoms with E-state index in [2.05, 4.69) is 5.32 Å². The van der Waals surface area contributed by atoms with Crippen molar-refractivity contribution in [1.82, 2.24) is 5.32 Å². The summed E-state index contributed by atoms with van der Waals surface area (Å²) < 4.78 is 19.1. The Morgan fingerprint density at radius 3 is 2.81 bits per heavy atom. The lowest BCUT2D eigenvalue weighted by Crippen LogP contribution is -2.32. The first kappa shape index (κ1) is 11.8. The Kier molecular flexibility index (Phi) is 4.16. The standard InChI is InChI=1S/C12H15ClFNO/c13-10-2-1-9(12(14)7-10)8-16-11-3-5-15-6-4-11/h1-2,7,11,15H,3-6,8H2. The lowest BCUT2D eigenvalue weighted by atomic mass is 10.1. The highest BCUT2D eigenvalue weighted by Crippen LogP contribution is 2.17. The highest BCUT2D eigenvalue weighted by atomic mass is 35.5. The first-order valence-corrected chi connectivity index (χ1v) is 5.90. The molecule has 1 saturated heterocycles. The molecular formula is C12H15ClFNO. The maximum absolute atomic E-state index is 13.4. The fourth-order valence-electron chi connectivity index (χ4n) is 1.81. The predicted molar refractivity (Wildman–Crippen MR) is 62.1 cm³/mol. The van der Waals surface area contributed by atoms with Crippen LogP contribution >= 0.6 is 11.6 Å². The second kappa shape index (κ2) is 5.62. The monoisotopic (exact) mass is 243 g/mol. The van der Waals surface area contributed by atoms with E-state index in [1.165, 1.54) is 6.07 Å². The molecule has 1 heterocycles. The van der Waals surface area contributed by atoms with Crippen LogP contribution in [0, 0.1) is 5.82 Å². The van der Waals surface area contributed by atoms with Gasteiger partial charge in [0.25, 0.3) is 0 Å². The number of benzene rings is 1. The van der Waals surface area contributed by atoms with Crippen LogP contribution in [0.2, 0.25) is 5.02 Å². The third-order valence-corrected chi connectivity index (χ3v) is 3.01. The van der Waals surface area contributed by atoms with Gasteiger partial charge in [0.15, 0.2) is 0 Å². The Labute approximate surface area is 99.7 Å². The molecule has 1 N–H and O–H groups in total. The molecule has 0 spiro atoms. The molecule has 0 bridgehead atoms. The fraction of sp³-hybridized carbons (Fsp3) is 0.500. The molecule has 0 unspecified atom stereocenters. The quantitative estimate of drug-likeness (QED) is 0.882. The van der Waals surface area contributed by atoms with E-state index in [9.17, 15) is 4.39 Å². The summed E-state index contributed by atoms with van der Waals surface area (Å²) in [6.45, 7) is 2.29. The van der Waals surface area contributed by atoms with Crippen LogP contribution in [0.25, 0.3) is 0 Å². The Morgan fingerprint density at radius 1 is 1.38 bits per heavy atom. The van der Waals surface area contributed by atoms with Crippen molar-refractivity contribution in [2.75, 3.05) is 13.1 Å². The van der Waals surface area contributed by atoms with Gasteiger partial charge in [0.1, 0.15) is 5.82 Å². The van der Waals surface area contributed by atoms with Gasteiger partial charge in [-0.3, -0.25) is 0 Å². The molecule has 0 amide bonds. The molecule has 1 fully saturated rings. The fourth-order valence-corrected chi connectivity index (χ4v) is 1.97. The van der Waals surface area contributed by atoms with Crippen molar-refractivity contribution in [3.63, 3.8) is 0 Å². The van der Waals surface area contributed by atoms with Crippen molar-refractivity contribution < 1.29 is 9.13 Å². The van der Waals surface area contributed by atoms with Crippen LogP contribution in [0.15, 0.2) is 18.2 Å². The summed E-state index contributed by atoms with van der Waals surface area (Å²) in [5.41, 5.74) is 0.572. The number of hydrogen-bond donors (Lipinski definition) is 1. The zero-order valence-corrected chi connectivity index (χ0v) is 9.77. The topological polar surface area (TPSA) is 21.3 Å². The zero-order chi connectivity index (χ0) is 11.4. The van der Waals surface area contributed by atoms with E-state index in [0.717, 1.165) is 25.9 Å². The van der Waals surface area contributed by atoms with Gasteiger partial charge in [0.2, 0.25) is 0 Å². The normalized spacial score (nSPS) is 17.6. The third-order valence-electron chi connectivity index (χ3n) is 2.78. The minimum absolute atomic E-state index is 0.247. The van der Waals surface area contributed by atoms with E-state index in [0.29, 0.717) is 17.2 Å². The Morgan fingerprint density at radius 2 is 2.12 bits per heavy atom. The van der Waals surface area contributed by atoms with Crippen LogP contribution < -0.4 is 5.32 Å². The van der Waals surface area contributed by atoms with Crippen molar-refractivity contribution in [2.24, 2.45) is 0 Å². The second-order valence-corrected chi connectivity index (χ2v) is 4.43. The molecule has 0 atom stereocenters. The van der Waals surface area contributed by atoms with Gasteiger partial charge in [-0.1, -0.05) is 17.7 Å². The molecule has 2 nitrogen and oxygen atoms in total. The SMILES string of the molecule is Fc1cc(Cl)ccc1COC1CCNCC1. The molecule has 4 heteroatoms. The number of hydrogen-bond acceptors (Lipinski definition) is 2. The van der Waals surface area contributed by atoms with Crippen molar-refractivity contribution in [3.8, 4) is 0 Å². The van der Waals surface area contributed by atoms with E-state index in [1.54, 1.807) is 12.1 Å². The summed E-state index contributed by atoms with van der Waals surface area (Å²) in [6, 6.07) is 4.69. The summed E-state index contributed by atoms with van der Waals surface area (Å²) in [5, 5.41) is 3.68. The molecule has 0 radical (unpaired) electrons. The van der Waals surface area contributed by atoms with Gasteiger partial charge < -0.3 is 10.1 Å². The molecule has 1 aliphatic rings. The summed E-state index contributed by atoms with van der Waals surface area (Å²) in [5.74, 6) is -0.290. The number of rotatable bonds is 3. The van der Waals surface area contributed by atoms with E-state index in [-0.39, 0.29) is 11.9 Å². The van der Waals surface area contributed by atoms with Crippen LogP contribution in [-0.2, 0) is 11.3 Å².